The second kappa shape index (κ2) is 5.01. The first-order valence-corrected chi connectivity index (χ1v) is 6.22. The Morgan fingerprint density at radius 1 is 0.850 bits per heavy atom. The van der Waals surface area contributed by atoms with Crippen molar-refractivity contribution in [2.75, 3.05) is 5.32 Å². The summed E-state index contributed by atoms with van der Waals surface area (Å²) in [6.45, 7) is 0. The topological polar surface area (TPSA) is 58.2 Å². The molecule has 2 aromatic carbocycles. The first kappa shape index (κ1) is 12.2. The highest BCUT2D eigenvalue weighted by Gasteiger charge is 2.23. The molecule has 0 saturated carbocycles. The fourth-order valence-electron chi connectivity index (χ4n) is 2.12. The lowest BCUT2D eigenvalue weighted by Gasteiger charge is -2.11. The molecule has 0 bridgehead atoms. The monoisotopic (exact) mass is 264 g/mol. The second-order valence-electron chi connectivity index (χ2n) is 4.41. The van der Waals surface area contributed by atoms with E-state index in [1.165, 1.54) is 6.08 Å². The molecule has 2 amide bonds. The summed E-state index contributed by atoms with van der Waals surface area (Å²) in [4.78, 5) is 23.0. The Morgan fingerprint density at radius 2 is 1.55 bits per heavy atom. The van der Waals surface area contributed by atoms with Gasteiger partial charge in [-0.05, 0) is 18.2 Å². The Labute approximate surface area is 116 Å². The van der Waals surface area contributed by atoms with Gasteiger partial charge in [0.25, 0.3) is 11.8 Å². The number of carbonyl (C=O) groups is 2. The maximum atomic E-state index is 11.8. The number of carbonyl (C=O) groups excluding carboxylic acids is 2. The molecule has 0 spiro atoms. The summed E-state index contributed by atoms with van der Waals surface area (Å²) in [5.41, 5.74) is 2.80. The van der Waals surface area contributed by atoms with Crippen LogP contribution in [0.5, 0.6) is 0 Å². The van der Waals surface area contributed by atoms with E-state index >= 15 is 0 Å². The summed E-state index contributed by atoms with van der Waals surface area (Å²) in [7, 11) is 0. The number of para-hydroxylation sites is 2. The summed E-state index contributed by atoms with van der Waals surface area (Å²) in [5.74, 6) is -0.739. The Hall–Kier alpha value is -2.88. The van der Waals surface area contributed by atoms with Crippen molar-refractivity contribution in [3.05, 3.63) is 66.2 Å². The van der Waals surface area contributed by atoms with Crippen LogP contribution in [0, 0.1) is 0 Å². The van der Waals surface area contributed by atoms with Gasteiger partial charge in [-0.15, -0.1) is 0 Å². The largest absolute Gasteiger partial charge is 0.355 e. The van der Waals surface area contributed by atoms with Crippen LogP contribution < -0.4 is 10.6 Å². The zero-order valence-corrected chi connectivity index (χ0v) is 10.6. The van der Waals surface area contributed by atoms with Gasteiger partial charge >= 0.3 is 0 Å². The lowest BCUT2D eigenvalue weighted by Crippen LogP contribution is -2.21. The summed E-state index contributed by atoms with van der Waals surface area (Å²) in [6, 6.07) is 17.1. The smallest absolute Gasteiger partial charge is 0.258 e. The van der Waals surface area contributed by atoms with Gasteiger partial charge in [0, 0.05) is 23.0 Å². The predicted octanol–water partition coefficient (Wildman–Crippen LogP) is 2.47. The Kier molecular flexibility index (Phi) is 3.05. The number of nitrogens with one attached hydrogen (secondary N) is 2. The zero-order valence-electron chi connectivity index (χ0n) is 10.6. The number of benzene rings is 2. The van der Waals surface area contributed by atoms with Crippen LogP contribution in [0.25, 0.3) is 5.57 Å². The van der Waals surface area contributed by atoms with E-state index in [4.69, 9.17) is 0 Å². The molecular weight excluding hydrogens is 252 g/mol. The van der Waals surface area contributed by atoms with E-state index < -0.39 is 0 Å². The van der Waals surface area contributed by atoms with Gasteiger partial charge in [0.05, 0.1) is 5.57 Å². The molecule has 1 aliphatic heterocycles. The van der Waals surface area contributed by atoms with E-state index in [9.17, 15) is 9.59 Å². The van der Waals surface area contributed by atoms with E-state index in [1.54, 1.807) is 0 Å². The number of amides is 2. The molecule has 0 radical (unpaired) electrons. The van der Waals surface area contributed by atoms with Crippen molar-refractivity contribution in [2.45, 2.75) is 0 Å². The molecule has 0 saturated heterocycles. The van der Waals surface area contributed by atoms with Crippen LogP contribution in [-0.2, 0) is 9.59 Å². The van der Waals surface area contributed by atoms with Crippen molar-refractivity contribution >= 4 is 28.8 Å². The molecule has 0 aliphatic carbocycles. The van der Waals surface area contributed by atoms with Gasteiger partial charge in [0.2, 0.25) is 0 Å². The Balaban J connectivity index is 1.99. The lowest BCUT2D eigenvalue weighted by molar-refractivity contribution is -0.123. The third-order valence-corrected chi connectivity index (χ3v) is 3.03. The summed E-state index contributed by atoms with van der Waals surface area (Å²) in [6.07, 6.45) is 1.33. The quantitative estimate of drug-likeness (QED) is 0.837. The number of hydrogen-bond donors (Lipinski definition) is 2. The van der Waals surface area contributed by atoms with Crippen LogP contribution in [0.4, 0.5) is 11.4 Å². The number of imide groups is 1. The molecule has 0 atom stereocenters. The number of rotatable bonds is 3. The van der Waals surface area contributed by atoms with E-state index in [0.717, 1.165) is 11.4 Å². The van der Waals surface area contributed by atoms with Crippen LogP contribution in [0.1, 0.15) is 5.56 Å². The SMILES string of the molecule is O=C1C=C(c2ccccc2Nc2ccccc2)C(=O)N1. The van der Waals surface area contributed by atoms with E-state index in [0.29, 0.717) is 11.1 Å². The molecule has 98 valence electrons. The van der Waals surface area contributed by atoms with Crippen LogP contribution in [0.3, 0.4) is 0 Å². The van der Waals surface area contributed by atoms with Crippen molar-refractivity contribution in [3.8, 4) is 0 Å². The van der Waals surface area contributed by atoms with Gasteiger partial charge in [-0.25, -0.2) is 0 Å². The highest BCUT2D eigenvalue weighted by Crippen LogP contribution is 2.28. The van der Waals surface area contributed by atoms with Gasteiger partial charge < -0.3 is 5.32 Å². The standard InChI is InChI=1S/C16H12N2O2/c19-15-10-13(16(20)18-15)12-8-4-5-9-14(12)17-11-6-2-1-3-7-11/h1-10,17H,(H,18,19,20). The highest BCUT2D eigenvalue weighted by atomic mass is 16.2. The molecule has 4 heteroatoms. The average Bonchev–Trinajstić information content (AvgIpc) is 2.79. The maximum absolute atomic E-state index is 11.8. The molecular formula is C16H12N2O2. The van der Waals surface area contributed by atoms with Gasteiger partial charge in [-0.3, -0.25) is 14.9 Å². The lowest BCUT2D eigenvalue weighted by atomic mass is 10.0. The van der Waals surface area contributed by atoms with Crippen LogP contribution in [0.15, 0.2) is 60.7 Å². The fraction of sp³-hybridized carbons (Fsp3) is 0. The van der Waals surface area contributed by atoms with Gasteiger partial charge in [-0.1, -0.05) is 36.4 Å². The zero-order chi connectivity index (χ0) is 13.9. The minimum absolute atomic E-state index is 0.364. The molecule has 0 fully saturated rings. The predicted molar refractivity (Wildman–Crippen MR) is 77.3 cm³/mol. The first-order chi connectivity index (χ1) is 9.74. The third kappa shape index (κ3) is 2.31. The van der Waals surface area contributed by atoms with Crippen LogP contribution in [0.2, 0.25) is 0 Å². The minimum Gasteiger partial charge on any atom is -0.355 e. The van der Waals surface area contributed by atoms with Crippen LogP contribution >= 0.6 is 0 Å². The average molecular weight is 264 g/mol. The van der Waals surface area contributed by atoms with Gasteiger partial charge in [0.15, 0.2) is 0 Å². The molecule has 0 aromatic heterocycles. The first-order valence-electron chi connectivity index (χ1n) is 6.22. The number of hydrogen-bond acceptors (Lipinski definition) is 3. The molecule has 1 heterocycles. The molecule has 2 N–H and O–H groups in total. The van der Waals surface area contributed by atoms with Gasteiger partial charge in [0.1, 0.15) is 0 Å². The molecule has 1 aliphatic rings. The van der Waals surface area contributed by atoms with E-state index in [2.05, 4.69) is 10.6 Å². The summed E-state index contributed by atoms with van der Waals surface area (Å²) >= 11 is 0. The summed E-state index contributed by atoms with van der Waals surface area (Å²) in [5, 5.41) is 5.51. The van der Waals surface area contributed by atoms with Crippen molar-refractivity contribution in [1.82, 2.24) is 5.32 Å². The molecule has 4 nitrogen and oxygen atoms in total. The molecule has 3 rings (SSSR count). The van der Waals surface area contributed by atoms with Gasteiger partial charge in [-0.2, -0.15) is 0 Å². The molecule has 20 heavy (non-hydrogen) atoms. The highest BCUT2D eigenvalue weighted by molar-refractivity contribution is 6.34. The molecule has 2 aromatic rings. The van der Waals surface area contributed by atoms with Crippen LogP contribution in [-0.4, -0.2) is 11.8 Å². The maximum Gasteiger partial charge on any atom is 0.258 e. The van der Waals surface area contributed by atoms with Crippen molar-refractivity contribution in [3.63, 3.8) is 0 Å². The van der Waals surface area contributed by atoms with E-state index in [-0.39, 0.29) is 11.8 Å². The fourth-order valence-corrected chi connectivity index (χ4v) is 2.12. The molecule has 0 unspecified atom stereocenters. The van der Waals surface area contributed by atoms with Crippen molar-refractivity contribution < 1.29 is 9.59 Å². The second-order valence-corrected chi connectivity index (χ2v) is 4.41. The minimum atomic E-state index is -0.375. The Bertz CT molecular complexity index is 705. The third-order valence-electron chi connectivity index (χ3n) is 3.03. The summed E-state index contributed by atoms with van der Waals surface area (Å²) < 4.78 is 0. The Morgan fingerprint density at radius 3 is 2.25 bits per heavy atom. The van der Waals surface area contributed by atoms with Crippen molar-refractivity contribution in [1.29, 1.82) is 0 Å². The van der Waals surface area contributed by atoms with Crippen molar-refractivity contribution in [2.24, 2.45) is 0 Å². The van der Waals surface area contributed by atoms with E-state index in [1.807, 2.05) is 54.6 Å². The normalized spacial score (nSPS) is 13.9. The number of anilines is 2.